The van der Waals surface area contributed by atoms with Gasteiger partial charge in [0.25, 0.3) is 15.8 Å². The first-order chi connectivity index (χ1) is 14.8. The molecule has 1 saturated heterocycles. The summed E-state index contributed by atoms with van der Waals surface area (Å²) in [5, 5.41) is 0. The van der Waals surface area contributed by atoms with Crippen LogP contribution >= 0.6 is 0 Å². The van der Waals surface area contributed by atoms with Crippen molar-refractivity contribution in [3.05, 3.63) is 63.3 Å². The largest absolute Gasteiger partial charge is 0.332 e. The Balaban J connectivity index is 1.59. The minimum atomic E-state index is -3.60. The van der Waals surface area contributed by atoms with Crippen LogP contribution in [-0.4, -0.2) is 65.0 Å². The van der Waals surface area contributed by atoms with Gasteiger partial charge in [-0.05, 0) is 24.8 Å². The molecule has 0 bridgehead atoms. The Morgan fingerprint density at radius 3 is 2.68 bits per heavy atom. The van der Waals surface area contributed by atoms with Crippen molar-refractivity contribution in [3.63, 3.8) is 0 Å². The molecule has 0 radical (unpaired) electrons. The van der Waals surface area contributed by atoms with E-state index < -0.39 is 10.2 Å². The van der Waals surface area contributed by atoms with Gasteiger partial charge in [-0.25, -0.2) is 4.98 Å². The van der Waals surface area contributed by atoms with E-state index in [0.29, 0.717) is 42.9 Å². The van der Waals surface area contributed by atoms with Crippen molar-refractivity contribution in [1.82, 2.24) is 23.5 Å². The maximum atomic E-state index is 12.9. The average molecular weight is 446 g/mol. The highest BCUT2D eigenvalue weighted by molar-refractivity contribution is 7.86. The third-order valence-corrected chi connectivity index (χ3v) is 7.82. The van der Waals surface area contributed by atoms with Crippen molar-refractivity contribution >= 4 is 16.1 Å². The second kappa shape index (κ2) is 8.52. The molecule has 1 atom stereocenters. The molecule has 2 aliphatic rings. The minimum absolute atomic E-state index is 0.00844. The molecule has 10 heteroatoms. The molecule has 166 valence electrons. The molecule has 1 fully saturated rings. The number of H-pyrrole nitrogens is 1. The SMILES string of the molecule is CN(C)S(=O)(=O)N1CCc2c(nc([C@@H]3CCCN3C(=O)Cc3ccccc3)[nH]c2=O)C1. The Labute approximate surface area is 181 Å². The number of carbonyl (C=O) groups is 1. The van der Waals surface area contributed by atoms with E-state index in [1.165, 1.54) is 18.4 Å². The molecule has 2 aliphatic heterocycles. The lowest BCUT2D eigenvalue weighted by molar-refractivity contribution is -0.131. The zero-order valence-electron chi connectivity index (χ0n) is 17.7. The summed E-state index contributed by atoms with van der Waals surface area (Å²) >= 11 is 0. The Bertz CT molecular complexity index is 1130. The van der Waals surface area contributed by atoms with Crippen LogP contribution in [0.4, 0.5) is 0 Å². The quantitative estimate of drug-likeness (QED) is 0.734. The maximum Gasteiger partial charge on any atom is 0.281 e. The predicted molar refractivity (Wildman–Crippen MR) is 115 cm³/mol. The number of nitrogens with one attached hydrogen (secondary N) is 1. The van der Waals surface area contributed by atoms with E-state index in [-0.39, 0.29) is 30.6 Å². The fraction of sp³-hybridized carbons (Fsp3) is 0.476. The number of likely N-dealkylation sites (tertiary alicyclic amines) is 1. The topological polar surface area (TPSA) is 107 Å². The van der Waals surface area contributed by atoms with E-state index in [9.17, 15) is 18.0 Å². The highest BCUT2D eigenvalue weighted by Gasteiger charge is 2.35. The van der Waals surface area contributed by atoms with Gasteiger partial charge in [0.1, 0.15) is 5.82 Å². The van der Waals surface area contributed by atoms with Gasteiger partial charge in [0.05, 0.1) is 24.7 Å². The molecule has 0 unspecified atom stereocenters. The summed E-state index contributed by atoms with van der Waals surface area (Å²) in [4.78, 5) is 34.9. The Morgan fingerprint density at radius 2 is 1.97 bits per heavy atom. The van der Waals surface area contributed by atoms with Crippen molar-refractivity contribution in [2.45, 2.75) is 38.3 Å². The van der Waals surface area contributed by atoms with Crippen LogP contribution in [0.2, 0.25) is 0 Å². The fourth-order valence-electron chi connectivity index (χ4n) is 4.24. The maximum absolute atomic E-state index is 12.9. The summed E-state index contributed by atoms with van der Waals surface area (Å²) in [6, 6.07) is 9.24. The number of aromatic amines is 1. The predicted octanol–water partition coefficient (Wildman–Crippen LogP) is 0.841. The van der Waals surface area contributed by atoms with E-state index in [2.05, 4.69) is 9.97 Å². The van der Waals surface area contributed by atoms with Crippen LogP contribution in [-0.2, 0) is 34.4 Å². The summed E-state index contributed by atoms with van der Waals surface area (Å²) in [5.41, 5.74) is 1.69. The molecule has 9 nitrogen and oxygen atoms in total. The zero-order chi connectivity index (χ0) is 22.2. The smallest absolute Gasteiger partial charge is 0.281 e. The van der Waals surface area contributed by atoms with Gasteiger partial charge in [0.2, 0.25) is 5.91 Å². The lowest BCUT2D eigenvalue weighted by atomic mass is 10.1. The first-order valence-electron chi connectivity index (χ1n) is 10.4. The Hall–Kier alpha value is -2.56. The molecule has 3 heterocycles. The second-order valence-corrected chi connectivity index (χ2v) is 10.3. The van der Waals surface area contributed by atoms with Crippen LogP contribution in [0.5, 0.6) is 0 Å². The van der Waals surface area contributed by atoms with Crippen molar-refractivity contribution in [1.29, 1.82) is 0 Å². The van der Waals surface area contributed by atoms with E-state index >= 15 is 0 Å². The van der Waals surface area contributed by atoms with Gasteiger partial charge < -0.3 is 9.88 Å². The van der Waals surface area contributed by atoms with E-state index in [1.807, 2.05) is 30.3 Å². The number of carbonyl (C=O) groups excluding carboxylic acids is 1. The van der Waals surface area contributed by atoms with Crippen LogP contribution in [0.1, 0.15) is 41.5 Å². The molecule has 1 N–H and O–H groups in total. The number of hydrogen-bond donors (Lipinski definition) is 1. The standard InChI is InChI=1S/C21H27N5O4S/c1-24(2)31(29,30)25-12-10-16-17(14-25)22-20(23-21(16)28)18-9-6-11-26(18)19(27)13-15-7-4-3-5-8-15/h3-5,7-8,18H,6,9-14H2,1-2H3,(H,22,23,28)/t18-/m0/s1. The summed E-state index contributed by atoms with van der Waals surface area (Å²) in [6.07, 6.45) is 2.14. The highest BCUT2D eigenvalue weighted by atomic mass is 32.2. The molecule has 0 aliphatic carbocycles. The molecule has 1 aromatic heterocycles. The summed E-state index contributed by atoms with van der Waals surface area (Å²) in [5.74, 6) is 0.428. The molecule has 31 heavy (non-hydrogen) atoms. The van der Waals surface area contributed by atoms with Crippen LogP contribution in [0.3, 0.4) is 0 Å². The number of amides is 1. The number of nitrogens with zero attached hydrogens (tertiary/aromatic N) is 4. The van der Waals surface area contributed by atoms with Crippen molar-refractivity contribution in [2.75, 3.05) is 27.2 Å². The zero-order valence-corrected chi connectivity index (χ0v) is 18.6. The molecular weight excluding hydrogens is 418 g/mol. The minimum Gasteiger partial charge on any atom is -0.332 e. The van der Waals surface area contributed by atoms with Crippen molar-refractivity contribution in [3.8, 4) is 0 Å². The fourth-order valence-corrected chi connectivity index (χ4v) is 5.31. The molecule has 2 aromatic rings. The number of aromatic nitrogens is 2. The average Bonchev–Trinajstić information content (AvgIpc) is 3.24. The Kier molecular flexibility index (Phi) is 5.96. The Morgan fingerprint density at radius 1 is 1.23 bits per heavy atom. The first kappa shape index (κ1) is 21.7. The van der Waals surface area contributed by atoms with Gasteiger partial charge in [-0.15, -0.1) is 0 Å². The lowest BCUT2D eigenvalue weighted by Gasteiger charge is -2.30. The van der Waals surface area contributed by atoms with Crippen LogP contribution in [0.25, 0.3) is 0 Å². The summed E-state index contributed by atoms with van der Waals surface area (Å²) in [7, 11) is -0.631. The molecule has 4 rings (SSSR count). The molecule has 1 aromatic carbocycles. The van der Waals surface area contributed by atoms with Gasteiger partial charge in [-0.1, -0.05) is 30.3 Å². The number of rotatable bonds is 5. The van der Waals surface area contributed by atoms with Gasteiger partial charge in [0.15, 0.2) is 0 Å². The molecular formula is C21H27N5O4S. The third kappa shape index (κ3) is 4.28. The van der Waals surface area contributed by atoms with E-state index in [0.717, 1.165) is 16.3 Å². The number of hydrogen-bond acceptors (Lipinski definition) is 5. The van der Waals surface area contributed by atoms with Crippen LogP contribution in [0, 0.1) is 0 Å². The normalized spacial score (nSPS) is 19.6. The number of benzene rings is 1. The molecule has 1 amide bonds. The van der Waals surface area contributed by atoms with Gasteiger partial charge >= 0.3 is 0 Å². The van der Waals surface area contributed by atoms with Gasteiger partial charge in [-0.3, -0.25) is 9.59 Å². The van der Waals surface area contributed by atoms with Crippen LogP contribution in [0.15, 0.2) is 35.1 Å². The lowest BCUT2D eigenvalue weighted by Crippen LogP contribution is -2.44. The highest BCUT2D eigenvalue weighted by Crippen LogP contribution is 2.31. The summed E-state index contributed by atoms with van der Waals surface area (Å²) < 4.78 is 27.5. The molecule has 0 spiro atoms. The monoisotopic (exact) mass is 445 g/mol. The van der Waals surface area contributed by atoms with Gasteiger partial charge in [-0.2, -0.15) is 17.0 Å². The van der Waals surface area contributed by atoms with Crippen molar-refractivity contribution in [2.24, 2.45) is 0 Å². The summed E-state index contributed by atoms with van der Waals surface area (Å²) in [6.45, 7) is 0.901. The van der Waals surface area contributed by atoms with Crippen molar-refractivity contribution < 1.29 is 13.2 Å². The van der Waals surface area contributed by atoms with Crippen LogP contribution < -0.4 is 5.56 Å². The molecule has 0 saturated carbocycles. The number of fused-ring (bicyclic) bond motifs is 1. The van der Waals surface area contributed by atoms with Gasteiger partial charge in [0, 0.05) is 32.7 Å². The third-order valence-electron chi connectivity index (χ3n) is 5.93. The second-order valence-electron chi connectivity index (χ2n) is 8.16. The van der Waals surface area contributed by atoms with E-state index in [1.54, 1.807) is 4.90 Å². The first-order valence-corrected chi connectivity index (χ1v) is 11.8. The van der Waals surface area contributed by atoms with E-state index in [4.69, 9.17) is 0 Å².